The third-order valence-electron chi connectivity index (χ3n) is 4.02. The molecule has 0 aliphatic heterocycles. The van der Waals surface area contributed by atoms with Crippen LogP contribution in [0.1, 0.15) is 36.5 Å². The van der Waals surface area contributed by atoms with E-state index < -0.39 is 0 Å². The van der Waals surface area contributed by atoms with E-state index in [9.17, 15) is 4.79 Å². The van der Waals surface area contributed by atoms with E-state index in [4.69, 9.17) is 0 Å². The van der Waals surface area contributed by atoms with Crippen molar-refractivity contribution in [3.05, 3.63) is 57.2 Å². The molecule has 3 aromatic rings. The molecule has 0 aliphatic carbocycles. The van der Waals surface area contributed by atoms with Gasteiger partial charge in [-0.2, -0.15) is 0 Å². The van der Waals surface area contributed by atoms with Crippen LogP contribution in [0.4, 0.5) is 0 Å². The van der Waals surface area contributed by atoms with Crippen molar-refractivity contribution in [1.82, 2.24) is 0 Å². The molecular formula is C18H18O. The number of rotatable bonds is 1. The molecule has 3 rings (SSSR count). The van der Waals surface area contributed by atoms with E-state index in [0.717, 1.165) is 16.3 Å². The average Bonchev–Trinajstić information content (AvgIpc) is 2.56. The lowest BCUT2D eigenvalue weighted by Crippen LogP contribution is -2.02. The Balaban J connectivity index is 2.62. The highest BCUT2D eigenvalue weighted by atomic mass is 16.1. The molecule has 0 aliphatic rings. The van der Waals surface area contributed by atoms with Crippen LogP contribution in [-0.4, -0.2) is 0 Å². The molecule has 0 atom stereocenters. The van der Waals surface area contributed by atoms with Gasteiger partial charge >= 0.3 is 0 Å². The summed E-state index contributed by atoms with van der Waals surface area (Å²) in [6, 6.07) is 10.6. The van der Waals surface area contributed by atoms with E-state index in [1.54, 1.807) is 0 Å². The molecule has 0 N–H and O–H groups in total. The molecule has 0 saturated carbocycles. The molecule has 0 unspecified atom stereocenters. The lowest BCUT2D eigenvalue weighted by atomic mass is 10.0. The summed E-state index contributed by atoms with van der Waals surface area (Å²) in [7, 11) is 0. The van der Waals surface area contributed by atoms with Gasteiger partial charge in [-0.1, -0.05) is 32.0 Å². The monoisotopic (exact) mass is 250 g/mol. The molecule has 0 fully saturated rings. The quantitative estimate of drug-likeness (QED) is 0.620. The van der Waals surface area contributed by atoms with Gasteiger partial charge in [0.05, 0.1) is 0 Å². The van der Waals surface area contributed by atoms with Crippen molar-refractivity contribution in [1.29, 1.82) is 0 Å². The fourth-order valence-electron chi connectivity index (χ4n) is 2.86. The van der Waals surface area contributed by atoms with Crippen molar-refractivity contribution in [2.75, 3.05) is 0 Å². The van der Waals surface area contributed by atoms with Gasteiger partial charge in [-0.25, -0.2) is 0 Å². The van der Waals surface area contributed by atoms with Gasteiger partial charge in [-0.05, 0) is 59.4 Å². The fourth-order valence-corrected chi connectivity index (χ4v) is 2.86. The smallest absolute Gasteiger partial charge is 0.189 e. The van der Waals surface area contributed by atoms with Crippen molar-refractivity contribution in [3.63, 3.8) is 0 Å². The van der Waals surface area contributed by atoms with Gasteiger partial charge in [0.25, 0.3) is 0 Å². The molecule has 1 nitrogen and oxygen atoms in total. The lowest BCUT2D eigenvalue weighted by molar-refractivity contribution is 0.869. The standard InChI is InChI=1S/C18H18O/c1-10(2)13-5-6-14-7-12(4)18(19)16-8-11(3)15(9-13)17(14)16/h5-10H,1-4H3. The summed E-state index contributed by atoms with van der Waals surface area (Å²) in [4.78, 5) is 12.3. The molecular weight excluding hydrogens is 232 g/mol. The number of aryl methyl sites for hydroxylation is 2. The van der Waals surface area contributed by atoms with Gasteiger partial charge in [0, 0.05) is 10.8 Å². The first-order chi connectivity index (χ1) is 8.99. The van der Waals surface area contributed by atoms with E-state index >= 15 is 0 Å². The van der Waals surface area contributed by atoms with Crippen molar-refractivity contribution >= 4 is 21.5 Å². The molecule has 19 heavy (non-hydrogen) atoms. The van der Waals surface area contributed by atoms with E-state index in [1.165, 1.54) is 21.9 Å². The summed E-state index contributed by atoms with van der Waals surface area (Å²) >= 11 is 0. The van der Waals surface area contributed by atoms with Crippen molar-refractivity contribution < 1.29 is 0 Å². The first-order valence-electron chi connectivity index (χ1n) is 6.79. The topological polar surface area (TPSA) is 17.1 Å². The maximum atomic E-state index is 12.3. The highest BCUT2D eigenvalue weighted by Crippen LogP contribution is 2.31. The summed E-state index contributed by atoms with van der Waals surface area (Å²) in [5, 5.41) is 4.38. The van der Waals surface area contributed by atoms with Gasteiger partial charge in [-0.15, -0.1) is 0 Å². The molecule has 1 heteroatoms. The average molecular weight is 250 g/mol. The van der Waals surface area contributed by atoms with Crippen LogP contribution in [0.3, 0.4) is 0 Å². The minimum Gasteiger partial charge on any atom is -0.289 e. The first-order valence-corrected chi connectivity index (χ1v) is 6.79. The Morgan fingerprint density at radius 2 is 1.63 bits per heavy atom. The number of benzene rings is 1. The van der Waals surface area contributed by atoms with Crippen LogP contribution in [0.25, 0.3) is 21.5 Å². The Morgan fingerprint density at radius 3 is 2.32 bits per heavy atom. The Kier molecular flexibility index (Phi) is 2.60. The third kappa shape index (κ3) is 1.73. The number of hydrogen-bond donors (Lipinski definition) is 0. The van der Waals surface area contributed by atoms with Crippen LogP contribution < -0.4 is 5.43 Å². The Labute approximate surface area is 113 Å². The Morgan fingerprint density at radius 1 is 0.895 bits per heavy atom. The molecule has 96 valence electrons. The predicted octanol–water partition coefficient (Wildman–Crippen LogP) is 4.53. The van der Waals surface area contributed by atoms with Crippen molar-refractivity contribution in [2.24, 2.45) is 0 Å². The second kappa shape index (κ2) is 4.06. The molecule has 0 radical (unpaired) electrons. The molecule has 0 amide bonds. The Bertz CT molecular complexity index is 828. The van der Waals surface area contributed by atoms with E-state index in [-0.39, 0.29) is 5.43 Å². The van der Waals surface area contributed by atoms with Crippen LogP contribution in [0.2, 0.25) is 0 Å². The summed E-state index contributed by atoms with van der Waals surface area (Å²) in [6.07, 6.45) is 0. The second-order valence-electron chi connectivity index (χ2n) is 5.77. The number of hydrogen-bond acceptors (Lipinski definition) is 1. The van der Waals surface area contributed by atoms with Crippen molar-refractivity contribution in [3.8, 4) is 0 Å². The van der Waals surface area contributed by atoms with Gasteiger partial charge in [0.15, 0.2) is 5.43 Å². The summed E-state index contributed by atoms with van der Waals surface area (Å²) in [5.41, 5.74) is 3.51. The van der Waals surface area contributed by atoms with Gasteiger partial charge in [0.1, 0.15) is 0 Å². The van der Waals surface area contributed by atoms with Crippen LogP contribution in [0.15, 0.2) is 35.1 Å². The maximum Gasteiger partial charge on any atom is 0.189 e. The normalized spacial score (nSPS) is 11.8. The fraction of sp³-hybridized carbons (Fsp3) is 0.278. The lowest BCUT2D eigenvalue weighted by Gasteiger charge is -2.01. The summed E-state index contributed by atoms with van der Waals surface area (Å²) in [6.45, 7) is 8.39. The van der Waals surface area contributed by atoms with Crippen LogP contribution >= 0.6 is 0 Å². The highest BCUT2D eigenvalue weighted by molar-refractivity contribution is 6.13. The van der Waals surface area contributed by atoms with E-state index in [2.05, 4.69) is 39.0 Å². The zero-order valence-corrected chi connectivity index (χ0v) is 11.9. The molecule has 3 aromatic carbocycles. The zero-order chi connectivity index (χ0) is 13.7. The molecule has 0 aromatic heterocycles. The van der Waals surface area contributed by atoms with Crippen LogP contribution in [0.5, 0.6) is 0 Å². The largest absolute Gasteiger partial charge is 0.289 e. The summed E-state index contributed by atoms with van der Waals surface area (Å²) < 4.78 is 0. The molecule has 0 bridgehead atoms. The molecule has 0 heterocycles. The SMILES string of the molecule is Cc1cc2ccc(C(C)C)cc3c(C)cc(c1=O)c23. The van der Waals surface area contributed by atoms with Gasteiger partial charge in [-0.3, -0.25) is 4.79 Å². The summed E-state index contributed by atoms with van der Waals surface area (Å²) in [5.74, 6) is 0.489. The minimum absolute atomic E-state index is 0.169. The molecule has 0 saturated heterocycles. The second-order valence-corrected chi connectivity index (χ2v) is 5.77. The van der Waals surface area contributed by atoms with Gasteiger partial charge in [0.2, 0.25) is 0 Å². The zero-order valence-electron chi connectivity index (χ0n) is 11.9. The Hall–Kier alpha value is -1.89. The highest BCUT2D eigenvalue weighted by Gasteiger charge is 2.12. The first kappa shape index (κ1) is 12.2. The third-order valence-corrected chi connectivity index (χ3v) is 4.02. The maximum absolute atomic E-state index is 12.3. The van der Waals surface area contributed by atoms with Crippen molar-refractivity contribution in [2.45, 2.75) is 33.6 Å². The van der Waals surface area contributed by atoms with Crippen LogP contribution in [0, 0.1) is 13.8 Å². The van der Waals surface area contributed by atoms with E-state index in [0.29, 0.717) is 5.92 Å². The van der Waals surface area contributed by atoms with Crippen LogP contribution in [-0.2, 0) is 0 Å². The van der Waals surface area contributed by atoms with Gasteiger partial charge < -0.3 is 0 Å². The predicted molar refractivity (Wildman–Crippen MR) is 82.5 cm³/mol. The minimum atomic E-state index is 0.169. The van der Waals surface area contributed by atoms with E-state index in [1.807, 2.05) is 19.1 Å². The molecule has 0 spiro atoms.